The van der Waals surface area contributed by atoms with Gasteiger partial charge in [0, 0.05) is 28.7 Å². The predicted octanol–water partition coefficient (Wildman–Crippen LogP) is 2.37. The maximum atomic E-state index is 12.4. The molecule has 9 heteroatoms. The summed E-state index contributed by atoms with van der Waals surface area (Å²) >= 11 is 3.27. The molecule has 1 heterocycles. The largest absolute Gasteiger partial charge is 0.455 e. The van der Waals surface area contributed by atoms with E-state index in [0.717, 1.165) is 22.1 Å². The highest BCUT2D eigenvalue weighted by Gasteiger charge is 2.37. The first kappa shape index (κ1) is 22.5. The number of hydrogen-bond acceptors (Lipinski definition) is 5. The summed E-state index contributed by atoms with van der Waals surface area (Å²) in [7, 11) is 0. The summed E-state index contributed by atoms with van der Waals surface area (Å²) < 4.78 is 5.86. The van der Waals surface area contributed by atoms with Crippen molar-refractivity contribution >= 4 is 45.3 Å². The second-order valence-corrected chi connectivity index (χ2v) is 7.92. The third-order valence-corrected chi connectivity index (χ3v) is 5.42. The third kappa shape index (κ3) is 5.69. The Morgan fingerprint density at radius 2 is 1.81 bits per heavy atom. The molecule has 1 aliphatic rings. The first-order chi connectivity index (χ1) is 14.9. The van der Waals surface area contributed by atoms with Crippen LogP contribution in [-0.4, -0.2) is 36.8 Å². The number of benzene rings is 2. The van der Waals surface area contributed by atoms with Gasteiger partial charge in [0.15, 0.2) is 6.61 Å². The number of carbonyl (C=O) groups is 4. The zero-order valence-electron chi connectivity index (χ0n) is 16.9. The number of nitrogens with zero attached hydrogens (tertiary/aromatic N) is 1. The SMILES string of the molecule is CCc1ccccc1N1C[C@H](C(=O)OCC(=O)NNC(=O)c2ccc(Br)cc2)CC1=O. The van der Waals surface area contributed by atoms with Crippen LogP contribution in [0, 0.1) is 5.92 Å². The first-order valence-electron chi connectivity index (χ1n) is 9.78. The Morgan fingerprint density at radius 1 is 1.10 bits per heavy atom. The van der Waals surface area contributed by atoms with Crippen molar-refractivity contribution in [3.05, 3.63) is 64.1 Å². The van der Waals surface area contributed by atoms with Gasteiger partial charge in [0.2, 0.25) is 5.91 Å². The molecule has 1 aliphatic heterocycles. The summed E-state index contributed by atoms with van der Waals surface area (Å²) in [6.45, 7) is 1.64. The van der Waals surface area contributed by atoms with Crippen molar-refractivity contribution in [1.82, 2.24) is 10.9 Å². The molecule has 0 unspecified atom stereocenters. The maximum absolute atomic E-state index is 12.4. The van der Waals surface area contributed by atoms with Gasteiger partial charge in [-0.05, 0) is 42.3 Å². The average Bonchev–Trinajstić information content (AvgIpc) is 3.17. The van der Waals surface area contributed by atoms with Crippen molar-refractivity contribution in [2.24, 2.45) is 5.92 Å². The van der Waals surface area contributed by atoms with E-state index in [4.69, 9.17) is 4.74 Å². The van der Waals surface area contributed by atoms with Crippen molar-refractivity contribution in [3.8, 4) is 0 Å². The number of hydrazine groups is 1. The van der Waals surface area contributed by atoms with Crippen LogP contribution in [-0.2, 0) is 25.5 Å². The van der Waals surface area contributed by atoms with Crippen LogP contribution in [0.3, 0.4) is 0 Å². The fourth-order valence-corrected chi connectivity index (χ4v) is 3.53. The maximum Gasteiger partial charge on any atom is 0.311 e. The molecule has 0 spiro atoms. The van der Waals surface area contributed by atoms with Gasteiger partial charge in [-0.25, -0.2) is 0 Å². The van der Waals surface area contributed by atoms with Gasteiger partial charge in [0.1, 0.15) is 0 Å². The highest BCUT2D eigenvalue weighted by molar-refractivity contribution is 9.10. The van der Waals surface area contributed by atoms with Gasteiger partial charge in [-0.3, -0.25) is 30.0 Å². The molecule has 0 radical (unpaired) electrons. The number of hydrogen-bond donors (Lipinski definition) is 2. The Labute approximate surface area is 188 Å². The van der Waals surface area contributed by atoms with Crippen LogP contribution >= 0.6 is 15.9 Å². The monoisotopic (exact) mass is 487 g/mol. The van der Waals surface area contributed by atoms with E-state index in [0.29, 0.717) is 5.56 Å². The van der Waals surface area contributed by atoms with E-state index in [1.807, 2.05) is 31.2 Å². The van der Waals surface area contributed by atoms with E-state index < -0.39 is 30.3 Å². The van der Waals surface area contributed by atoms with Crippen molar-refractivity contribution in [1.29, 1.82) is 0 Å². The lowest BCUT2D eigenvalue weighted by atomic mass is 10.1. The molecular formula is C22H22BrN3O5. The Morgan fingerprint density at radius 3 is 2.52 bits per heavy atom. The lowest BCUT2D eigenvalue weighted by molar-refractivity contribution is -0.152. The van der Waals surface area contributed by atoms with Crippen LogP contribution < -0.4 is 15.8 Å². The lowest BCUT2D eigenvalue weighted by Crippen LogP contribution is -2.43. The summed E-state index contributed by atoms with van der Waals surface area (Å²) in [6.07, 6.45) is 0.792. The smallest absolute Gasteiger partial charge is 0.311 e. The Hall–Kier alpha value is -3.20. The minimum absolute atomic E-state index is 0.0266. The van der Waals surface area contributed by atoms with Gasteiger partial charge in [-0.1, -0.05) is 41.1 Å². The lowest BCUT2D eigenvalue weighted by Gasteiger charge is -2.19. The van der Waals surface area contributed by atoms with Crippen molar-refractivity contribution in [2.45, 2.75) is 19.8 Å². The van der Waals surface area contributed by atoms with Gasteiger partial charge >= 0.3 is 5.97 Å². The Balaban J connectivity index is 1.47. The molecule has 2 aromatic rings. The molecule has 0 bridgehead atoms. The normalized spacial score (nSPS) is 15.5. The quantitative estimate of drug-likeness (QED) is 0.480. The highest BCUT2D eigenvalue weighted by atomic mass is 79.9. The van der Waals surface area contributed by atoms with Crippen molar-refractivity contribution in [2.75, 3.05) is 18.1 Å². The number of carbonyl (C=O) groups excluding carboxylic acids is 4. The van der Waals surface area contributed by atoms with Crippen molar-refractivity contribution < 1.29 is 23.9 Å². The van der Waals surface area contributed by atoms with Gasteiger partial charge in [0.05, 0.1) is 5.92 Å². The molecule has 31 heavy (non-hydrogen) atoms. The average molecular weight is 488 g/mol. The number of rotatable bonds is 6. The number of aryl methyl sites for hydroxylation is 1. The zero-order valence-corrected chi connectivity index (χ0v) is 18.5. The Bertz CT molecular complexity index is 993. The third-order valence-electron chi connectivity index (χ3n) is 4.89. The summed E-state index contributed by atoms with van der Waals surface area (Å²) in [5.41, 5.74) is 6.62. The van der Waals surface area contributed by atoms with Crippen molar-refractivity contribution in [3.63, 3.8) is 0 Å². The fraction of sp³-hybridized carbons (Fsp3) is 0.273. The van der Waals surface area contributed by atoms with Gasteiger partial charge in [0.25, 0.3) is 11.8 Å². The molecule has 3 rings (SSSR count). The van der Waals surface area contributed by atoms with Gasteiger partial charge in [-0.2, -0.15) is 0 Å². The molecule has 2 N–H and O–H groups in total. The molecule has 1 saturated heterocycles. The van der Waals surface area contributed by atoms with E-state index in [9.17, 15) is 19.2 Å². The minimum Gasteiger partial charge on any atom is -0.455 e. The second-order valence-electron chi connectivity index (χ2n) is 7.00. The predicted molar refractivity (Wildman–Crippen MR) is 117 cm³/mol. The number of para-hydroxylation sites is 1. The van der Waals surface area contributed by atoms with Crippen LogP contribution in [0.1, 0.15) is 29.3 Å². The van der Waals surface area contributed by atoms with Crippen LogP contribution in [0.5, 0.6) is 0 Å². The summed E-state index contributed by atoms with van der Waals surface area (Å²) in [5.74, 6) is -2.62. The van der Waals surface area contributed by atoms with Crippen LogP contribution in [0.25, 0.3) is 0 Å². The van der Waals surface area contributed by atoms with Crippen LogP contribution in [0.2, 0.25) is 0 Å². The van der Waals surface area contributed by atoms with Gasteiger partial charge < -0.3 is 9.64 Å². The van der Waals surface area contributed by atoms with Crippen LogP contribution in [0.4, 0.5) is 5.69 Å². The fourth-order valence-electron chi connectivity index (χ4n) is 3.26. The molecule has 1 fully saturated rings. The minimum atomic E-state index is -0.684. The molecule has 2 aromatic carbocycles. The number of esters is 1. The van der Waals surface area contributed by atoms with E-state index in [2.05, 4.69) is 26.8 Å². The second kappa shape index (κ2) is 10.2. The summed E-state index contributed by atoms with van der Waals surface area (Å²) in [6, 6.07) is 14.1. The number of nitrogens with one attached hydrogen (secondary N) is 2. The number of anilines is 1. The summed E-state index contributed by atoms with van der Waals surface area (Å²) in [4.78, 5) is 50.2. The van der Waals surface area contributed by atoms with E-state index in [1.165, 1.54) is 0 Å². The zero-order chi connectivity index (χ0) is 22.4. The summed E-state index contributed by atoms with van der Waals surface area (Å²) in [5, 5.41) is 0. The molecule has 0 aliphatic carbocycles. The topological polar surface area (TPSA) is 105 Å². The highest BCUT2D eigenvalue weighted by Crippen LogP contribution is 2.29. The molecule has 162 valence electrons. The number of amides is 3. The van der Waals surface area contributed by atoms with E-state index in [1.54, 1.807) is 29.2 Å². The molecule has 1 atom stereocenters. The standard InChI is InChI=1S/C22H22BrN3O5/c1-2-14-5-3-4-6-18(14)26-12-16(11-20(26)28)22(30)31-13-19(27)24-25-21(29)15-7-9-17(23)10-8-15/h3-10,16H,2,11-13H2,1H3,(H,24,27)(H,25,29)/t16-/m1/s1. The molecule has 8 nitrogen and oxygen atoms in total. The number of halogens is 1. The molecule has 0 saturated carbocycles. The first-order valence-corrected chi connectivity index (χ1v) is 10.6. The molecule has 3 amide bonds. The van der Waals surface area contributed by atoms with Crippen LogP contribution in [0.15, 0.2) is 53.0 Å². The molecular weight excluding hydrogens is 466 g/mol. The van der Waals surface area contributed by atoms with E-state index >= 15 is 0 Å². The molecule has 0 aromatic heterocycles. The Kier molecular flexibility index (Phi) is 7.41. The number of ether oxygens (including phenoxy) is 1. The van der Waals surface area contributed by atoms with E-state index in [-0.39, 0.29) is 18.9 Å². The van der Waals surface area contributed by atoms with Gasteiger partial charge in [-0.15, -0.1) is 0 Å².